The molecular weight excluding hydrogens is 377 g/mol. The summed E-state index contributed by atoms with van der Waals surface area (Å²) in [6.07, 6.45) is 1.03. The fraction of sp³-hybridized carbons (Fsp3) is 0.786. The summed E-state index contributed by atoms with van der Waals surface area (Å²) in [4.78, 5) is 14.9. The number of ether oxygens (including phenoxy) is 2. The van der Waals surface area contributed by atoms with E-state index in [-0.39, 0.29) is 11.9 Å². The van der Waals surface area contributed by atoms with Gasteiger partial charge in [0.15, 0.2) is 5.82 Å². The maximum Gasteiger partial charge on any atom is 0.250 e. The van der Waals surface area contributed by atoms with Crippen LogP contribution in [0.4, 0.5) is 11.9 Å². The molecule has 0 aromatic carbocycles. The number of morpholine rings is 1. The summed E-state index contributed by atoms with van der Waals surface area (Å²) in [6.45, 7) is 7.91. The molecular formula is C14H22Cl3N5O2. The van der Waals surface area contributed by atoms with Crippen LogP contribution in [0.1, 0.15) is 26.1 Å². The van der Waals surface area contributed by atoms with Crippen LogP contribution in [0.25, 0.3) is 0 Å². The normalized spacial score (nSPS) is 15.8. The van der Waals surface area contributed by atoms with Gasteiger partial charge in [-0.15, -0.1) is 0 Å². The van der Waals surface area contributed by atoms with E-state index in [9.17, 15) is 0 Å². The molecule has 10 heteroatoms. The fourth-order valence-corrected chi connectivity index (χ4v) is 2.32. The molecule has 1 aromatic heterocycles. The lowest BCUT2D eigenvalue weighted by Gasteiger charge is -2.27. The molecule has 136 valence electrons. The Bertz CT molecular complexity index is 522. The number of alkyl halides is 3. The van der Waals surface area contributed by atoms with Gasteiger partial charge < -0.3 is 19.7 Å². The maximum atomic E-state index is 5.95. The van der Waals surface area contributed by atoms with Crippen molar-refractivity contribution < 1.29 is 9.47 Å². The summed E-state index contributed by atoms with van der Waals surface area (Å²) in [5.74, 6) is 0.970. The molecule has 1 aliphatic heterocycles. The van der Waals surface area contributed by atoms with E-state index in [0.717, 1.165) is 6.42 Å². The van der Waals surface area contributed by atoms with Crippen LogP contribution in [-0.4, -0.2) is 60.5 Å². The second-order valence-electron chi connectivity index (χ2n) is 5.58. The number of halogens is 3. The molecule has 1 aliphatic rings. The van der Waals surface area contributed by atoms with Crippen molar-refractivity contribution in [2.75, 3.05) is 49.7 Å². The first-order valence-electron chi connectivity index (χ1n) is 7.87. The second kappa shape index (κ2) is 9.20. The van der Waals surface area contributed by atoms with Gasteiger partial charge in [-0.1, -0.05) is 34.8 Å². The molecule has 7 nitrogen and oxygen atoms in total. The van der Waals surface area contributed by atoms with Crippen LogP contribution in [0.15, 0.2) is 0 Å². The second-order valence-corrected chi connectivity index (χ2v) is 7.86. The molecule has 0 saturated carbocycles. The van der Waals surface area contributed by atoms with Crippen molar-refractivity contribution in [1.82, 2.24) is 15.0 Å². The van der Waals surface area contributed by atoms with Gasteiger partial charge in [0.1, 0.15) is 0 Å². The van der Waals surface area contributed by atoms with Gasteiger partial charge in [-0.05, 0) is 20.3 Å². The molecule has 1 N–H and O–H groups in total. The number of nitrogens with zero attached hydrogens (tertiary/aromatic N) is 4. The van der Waals surface area contributed by atoms with E-state index in [2.05, 4.69) is 20.3 Å². The van der Waals surface area contributed by atoms with Crippen LogP contribution in [0.5, 0.6) is 0 Å². The monoisotopic (exact) mass is 397 g/mol. The minimum absolute atomic E-state index is 0.102. The molecule has 24 heavy (non-hydrogen) atoms. The summed E-state index contributed by atoms with van der Waals surface area (Å²) in [5.41, 5.74) is 0. The molecule has 0 spiro atoms. The molecule has 0 aliphatic carbocycles. The summed E-state index contributed by atoms with van der Waals surface area (Å²) in [7, 11) is 0. The Hall–Kier alpha value is -0.600. The van der Waals surface area contributed by atoms with Crippen LogP contribution >= 0.6 is 34.8 Å². The molecule has 0 bridgehead atoms. The van der Waals surface area contributed by atoms with Gasteiger partial charge in [0.05, 0.1) is 19.3 Å². The molecule has 0 radical (unpaired) electrons. The molecule has 0 unspecified atom stereocenters. The van der Waals surface area contributed by atoms with Crippen molar-refractivity contribution in [3.8, 4) is 0 Å². The summed E-state index contributed by atoms with van der Waals surface area (Å²) in [5, 5.41) is 3.13. The van der Waals surface area contributed by atoms with E-state index in [0.29, 0.717) is 51.4 Å². The Morgan fingerprint density at radius 3 is 2.54 bits per heavy atom. The van der Waals surface area contributed by atoms with Crippen molar-refractivity contribution in [2.45, 2.75) is 30.2 Å². The van der Waals surface area contributed by atoms with Gasteiger partial charge in [0, 0.05) is 26.2 Å². The van der Waals surface area contributed by atoms with Crippen molar-refractivity contribution in [1.29, 1.82) is 0 Å². The standard InChI is InChI=1S/C14H22Cl3N5O2/c1-10(2)24-7-3-4-18-12-19-11(14(15,16)17)20-13(21-12)22-5-8-23-9-6-22/h10H,3-9H2,1-2H3,(H,18,19,20,21). The molecule has 1 aromatic rings. The van der Waals surface area contributed by atoms with E-state index in [1.807, 2.05) is 18.7 Å². The average molecular weight is 399 g/mol. The highest BCUT2D eigenvalue weighted by Crippen LogP contribution is 2.36. The SMILES string of the molecule is CC(C)OCCCNc1nc(N2CCOCC2)nc(C(Cl)(Cl)Cl)n1. The molecule has 0 amide bonds. The number of rotatable bonds is 7. The predicted molar refractivity (Wildman–Crippen MR) is 96.3 cm³/mol. The van der Waals surface area contributed by atoms with Crippen molar-refractivity contribution >= 4 is 46.7 Å². The zero-order valence-corrected chi connectivity index (χ0v) is 16.0. The number of hydrogen-bond acceptors (Lipinski definition) is 7. The van der Waals surface area contributed by atoms with Crippen LogP contribution < -0.4 is 10.2 Å². The summed E-state index contributed by atoms with van der Waals surface area (Å²) in [6, 6.07) is 0. The van der Waals surface area contributed by atoms with Gasteiger partial charge in [0.2, 0.25) is 15.7 Å². The minimum atomic E-state index is -1.71. The van der Waals surface area contributed by atoms with E-state index in [1.165, 1.54) is 0 Å². The smallest absolute Gasteiger partial charge is 0.250 e. The quantitative estimate of drug-likeness (QED) is 0.559. The lowest BCUT2D eigenvalue weighted by Crippen LogP contribution is -2.38. The van der Waals surface area contributed by atoms with Crippen LogP contribution in [0.3, 0.4) is 0 Å². The van der Waals surface area contributed by atoms with Gasteiger partial charge >= 0.3 is 0 Å². The van der Waals surface area contributed by atoms with Gasteiger partial charge in [0.25, 0.3) is 0 Å². The number of anilines is 2. The first-order chi connectivity index (χ1) is 11.4. The van der Waals surface area contributed by atoms with E-state index in [1.54, 1.807) is 0 Å². The average Bonchev–Trinajstić information content (AvgIpc) is 2.54. The highest BCUT2D eigenvalue weighted by atomic mass is 35.6. The predicted octanol–water partition coefficient (Wildman–Crippen LogP) is 2.76. The summed E-state index contributed by atoms with van der Waals surface area (Å²) < 4.78 is 9.13. The lowest BCUT2D eigenvalue weighted by atomic mass is 10.4. The Balaban J connectivity index is 2.05. The van der Waals surface area contributed by atoms with Crippen LogP contribution in [-0.2, 0) is 13.3 Å². The molecule has 2 heterocycles. The molecule has 2 rings (SSSR count). The molecule has 1 saturated heterocycles. The van der Waals surface area contributed by atoms with Gasteiger partial charge in [-0.3, -0.25) is 0 Å². The largest absolute Gasteiger partial charge is 0.379 e. The minimum Gasteiger partial charge on any atom is -0.379 e. The third kappa shape index (κ3) is 6.37. The fourth-order valence-electron chi connectivity index (χ4n) is 2.07. The van der Waals surface area contributed by atoms with Crippen molar-refractivity contribution in [2.24, 2.45) is 0 Å². The highest BCUT2D eigenvalue weighted by Gasteiger charge is 2.29. The zero-order valence-electron chi connectivity index (χ0n) is 13.8. The third-order valence-corrected chi connectivity index (χ3v) is 3.73. The van der Waals surface area contributed by atoms with Gasteiger partial charge in [-0.2, -0.15) is 15.0 Å². The first kappa shape index (κ1) is 19.7. The van der Waals surface area contributed by atoms with Crippen LogP contribution in [0, 0.1) is 0 Å². The number of nitrogens with one attached hydrogen (secondary N) is 1. The Morgan fingerprint density at radius 2 is 1.92 bits per heavy atom. The lowest BCUT2D eigenvalue weighted by molar-refractivity contribution is 0.0787. The Morgan fingerprint density at radius 1 is 1.21 bits per heavy atom. The maximum absolute atomic E-state index is 5.95. The first-order valence-corrected chi connectivity index (χ1v) is 9.01. The Labute approximate surface area is 157 Å². The van der Waals surface area contributed by atoms with E-state index >= 15 is 0 Å². The van der Waals surface area contributed by atoms with Gasteiger partial charge in [-0.25, -0.2) is 0 Å². The molecule has 0 atom stereocenters. The Kier molecular flexibility index (Phi) is 7.56. The van der Waals surface area contributed by atoms with E-state index < -0.39 is 3.79 Å². The number of aromatic nitrogens is 3. The van der Waals surface area contributed by atoms with Crippen molar-refractivity contribution in [3.63, 3.8) is 0 Å². The number of hydrogen-bond donors (Lipinski definition) is 1. The van der Waals surface area contributed by atoms with Crippen LogP contribution in [0.2, 0.25) is 0 Å². The highest BCUT2D eigenvalue weighted by molar-refractivity contribution is 6.66. The molecule has 1 fully saturated rings. The summed E-state index contributed by atoms with van der Waals surface area (Å²) >= 11 is 17.8. The third-order valence-electron chi connectivity index (χ3n) is 3.23. The van der Waals surface area contributed by atoms with Crippen molar-refractivity contribution in [3.05, 3.63) is 5.82 Å². The zero-order chi connectivity index (χ0) is 17.6. The topological polar surface area (TPSA) is 72.4 Å². The van der Waals surface area contributed by atoms with E-state index in [4.69, 9.17) is 44.3 Å².